The Labute approximate surface area is 113 Å². The topological polar surface area (TPSA) is 67.2 Å². The largest absolute Gasteiger partial charge is 0.508 e. The van der Waals surface area contributed by atoms with Crippen LogP contribution in [0.25, 0.3) is 0 Å². The summed E-state index contributed by atoms with van der Waals surface area (Å²) < 4.78 is 0. The molecular formula is C14H22N2O3. The maximum Gasteiger partial charge on any atom is 0.115 e. The molecule has 19 heavy (non-hydrogen) atoms. The molecule has 0 amide bonds. The number of piperazine rings is 1. The lowest BCUT2D eigenvalue weighted by Crippen LogP contribution is -2.48. The van der Waals surface area contributed by atoms with E-state index in [0.717, 1.165) is 38.3 Å². The lowest BCUT2D eigenvalue weighted by molar-refractivity contribution is 0.0661. The highest BCUT2D eigenvalue weighted by Crippen LogP contribution is 2.18. The second-order valence-electron chi connectivity index (χ2n) is 4.97. The zero-order chi connectivity index (χ0) is 13.7. The standard InChI is InChI=1S/C14H22N2O3/c17-10-9-15-5-7-16(8-6-15)11-14(19)12-1-3-13(18)4-2-12/h1-4,14,17-19H,5-11H2. The number of rotatable bonds is 5. The van der Waals surface area contributed by atoms with Gasteiger partial charge in [-0.2, -0.15) is 0 Å². The summed E-state index contributed by atoms with van der Waals surface area (Å²) in [5.74, 6) is 0.216. The Morgan fingerprint density at radius 2 is 1.58 bits per heavy atom. The number of benzene rings is 1. The van der Waals surface area contributed by atoms with Gasteiger partial charge in [0.1, 0.15) is 5.75 Å². The molecule has 1 atom stereocenters. The summed E-state index contributed by atoms with van der Waals surface area (Å²) in [6, 6.07) is 6.69. The molecule has 3 N–H and O–H groups in total. The van der Waals surface area contributed by atoms with Gasteiger partial charge >= 0.3 is 0 Å². The number of β-amino-alcohol motifs (C(OH)–C–C–N with tert-alkyl or cyclic N) is 2. The van der Waals surface area contributed by atoms with Gasteiger partial charge in [-0.1, -0.05) is 12.1 Å². The van der Waals surface area contributed by atoms with E-state index in [9.17, 15) is 10.2 Å². The number of aliphatic hydroxyl groups is 2. The van der Waals surface area contributed by atoms with Crippen molar-refractivity contribution in [1.82, 2.24) is 9.80 Å². The molecule has 1 aliphatic rings. The molecule has 0 radical (unpaired) electrons. The summed E-state index contributed by atoms with van der Waals surface area (Å²) in [7, 11) is 0. The summed E-state index contributed by atoms with van der Waals surface area (Å²) in [4.78, 5) is 4.45. The molecule has 1 aromatic rings. The first kappa shape index (κ1) is 14.3. The minimum absolute atomic E-state index is 0.204. The Morgan fingerprint density at radius 3 is 2.16 bits per heavy atom. The van der Waals surface area contributed by atoms with E-state index in [0.29, 0.717) is 6.54 Å². The maximum atomic E-state index is 10.2. The van der Waals surface area contributed by atoms with Gasteiger partial charge in [0.2, 0.25) is 0 Å². The maximum absolute atomic E-state index is 10.2. The van der Waals surface area contributed by atoms with Gasteiger partial charge in [-0.05, 0) is 17.7 Å². The summed E-state index contributed by atoms with van der Waals surface area (Å²) in [6.45, 7) is 5.23. The van der Waals surface area contributed by atoms with Crippen LogP contribution < -0.4 is 0 Å². The second kappa shape index (κ2) is 6.86. The minimum Gasteiger partial charge on any atom is -0.508 e. The van der Waals surface area contributed by atoms with Crippen LogP contribution in [0.3, 0.4) is 0 Å². The summed E-state index contributed by atoms with van der Waals surface area (Å²) in [6.07, 6.45) is -0.523. The molecule has 1 fully saturated rings. The van der Waals surface area contributed by atoms with Crippen molar-refractivity contribution in [2.45, 2.75) is 6.10 Å². The fraction of sp³-hybridized carbons (Fsp3) is 0.571. The van der Waals surface area contributed by atoms with E-state index in [2.05, 4.69) is 9.80 Å². The second-order valence-corrected chi connectivity index (χ2v) is 4.97. The van der Waals surface area contributed by atoms with Gasteiger partial charge in [-0.3, -0.25) is 9.80 Å². The van der Waals surface area contributed by atoms with E-state index in [1.54, 1.807) is 24.3 Å². The van der Waals surface area contributed by atoms with Crippen LogP contribution in [-0.2, 0) is 0 Å². The van der Waals surface area contributed by atoms with E-state index in [-0.39, 0.29) is 12.4 Å². The van der Waals surface area contributed by atoms with Crippen LogP contribution in [0.5, 0.6) is 5.75 Å². The van der Waals surface area contributed by atoms with E-state index in [4.69, 9.17) is 5.11 Å². The van der Waals surface area contributed by atoms with Crippen LogP contribution in [0.4, 0.5) is 0 Å². The van der Waals surface area contributed by atoms with Crippen molar-refractivity contribution in [3.8, 4) is 5.75 Å². The molecule has 1 aromatic carbocycles. The first-order valence-electron chi connectivity index (χ1n) is 6.71. The van der Waals surface area contributed by atoms with Gasteiger partial charge in [0.05, 0.1) is 12.7 Å². The third kappa shape index (κ3) is 4.18. The highest BCUT2D eigenvalue weighted by Gasteiger charge is 2.19. The Balaban J connectivity index is 1.80. The van der Waals surface area contributed by atoms with Crippen LogP contribution in [0.1, 0.15) is 11.7 Å². The molecule has 0 aliphatic carbocycles. The minimum atomic E-state index is -0.523. The summed E-state index contributed by atoms with van der Waals surface area (Å²) >= 11 is 0. The number of aliphatic hydroxyl groups excluding tert-OH is 2. The number of phenolic OH excluding ortho intramolecular Hbond substituents is 1. The van der Waals surface area contributed by atoms with Gasteiger partial charge in [0, 0.05) is 39.3 Å². The van der Waals surface area contributed by atoms with Crippen LogP contribution in [0, 0.1) is 0 Å². The normalized spacial score (nSPS) is 19.5. The predicted octanol–water partition coefficient (Wildman–Crippen LogP) is 0.0355. The number of aromatic hydroxyl groups is 1. The summed E-state index contributed by atoms with van der Waals surface area (Å²) in [5.41, 5.74) is 0.829. The van der Waals surface area contributed by atoms with Gasteiger partial charge in [-0.25, -0.2) is 0 Å². The van der Waals surface area contributed by atoms with E-state index in [1.165, 1.54) is 0 Å². The molecule has 5 nitrogen and oxygen atoms in total. The van der Waals surface area contributed by atoms with Crippen molar-refractivity contribution in [3.05, 3.63) is 29.8 Å². The SMILES string of the molecule is OCCN1CCN(CC(O)c2ccc(O)cc2)CC1. The van der Waals surface area contributed by atoms with Crippen molar-refractivity contribution in [1.29, 1.82) is 0 Å². The lowest BCUT2D eigenvalue weighted by atomic mass is 10.1. The number of hydrogen-bond donors (Lipinski definition) is 3. The summed E-state index contributed by atoms with van der Waals surface area (Å²) in [5, 5.41) is 28.3. The van der Waals surface area contributed by atoms with Crippen LogP contribution in [0.2, 0.25) is 0 Å². The average Bonchev–Trinajstić information content (AvgIpc) is 2.42. The number of hydrogen-bond acceptors (Lipinski definition) is 5. The van der Waals surface area contributed by atoms with Crippen molar-refractivity contribution in [3.63, 3.8) is 0 Å². The van der Waals surface area contributed by atoms with Crippen LogP contribution in [-0.4, -0.2) is 71.0 Å². The Bertz CT molecular complexity index is 375. The molecule has 1 saturated heterocycles. The van der Waals surface area contributed by atoms with Crippen molar-refractivity contribution < 1.29 is 15.3 Å². The quantitative estimate of drug-likeness (QED) is 0.702. The van der Waals surface area contributed by atoms with E-state index < -0.39 is 6.10 Å². The lowest BCUT2D eigenvalue weighted by Gasteiger charge is -2.35. The van der Waals surface area contributed by atoms with Crippen LogP contribution >= 0.6 is 0 Å². The molecule has 1 heterocycles. The van der Waals surface area contributed by atoms with Crippen molar-refractivity contribution >= 4 is 0 Å². The van der Waals surface area contributed by atoms with Crippen molar-refractivity contribution in [2.75, 3.05) is 45.9 Å². The van der Waals surface area contributed by atoms with Crippen LogP contribution in [0.15, 0.2) is 24.3 Å². The molecular weight excluding hydrogens is 244 g/mol. The van der Waals surface area contributed by atoms with Gasteiger partial charge in [0.15, 0.2) is 0 Å². The molecule has 0 saturated carbocycles. The van der Waals surface area contributed by atoms with E-state index >= 15 is 0 Å². The fourth-order valence-electron chi connectivity index (χ4n) is 2.38. The number of phenols is 1. The molecule has 1 unspecified atom stereocenters. The molecule has 0 aromatic heterocycles. The first-order chi connectivity index (χ1) is 9.19. The smallest absolute Gasteiger partial charge is 0.115 e. The zero-order valence-corrected chi connectivity index (χ0v) is 11.1. The number of nitrogens with zero attached hydrogens (tertiary/aromatic N) is 2. The molecule has 0 spiro atoms. The zero-order valence-electron chi connectivity index (χ0n) is 11.1. The van der Waals surface area contributed by atoms with Crippen molar-refractivity contribution in [2.24, 2.45) is 0 Å². The van der Waals surface area contributed by atoms with Gasteiger partial charge in [-0.15, -0.1) is 0 Å². The third-order valence-electron chi connectivity index (χ3n) is 3.59. The molecule has 0 bridgehead atoms. The fourth-order valence-corrected chi connectivity index (χ4v) is 2.38. The Kier molecular flexibility index (Phi) is 5.15. The average molecular weight is 266 g/mol. The third-order valence-corrected chi connectivity index (χ3v) is 3.59. The highest BCUT2D eigenvalue weighted by atomic mass is 16.3. The van der Waals surface area contributed by atoms with Gasteiger partial charge < -0.3 is 15.3 Å². The Morgan fingerprint density at radius 1 is 1.00 bits per heavy atom. The molecule has 1 aliphatic heterocycles. The van der Waals surface area contributed by atoms with Gasteiger partial charge in [0.25, 0.3) is 0 Å². The van der Waals surface area contributed by atoms with E-state index in [1.807, 2.05) is 0 Å². The Hall–Kier alpha value is -1.14. The first-order valence-corrected chi connectivity index (χ1v) is 6.71. The predicted molar refractivity (Wildman–Crippen MR) is 73.0 cm³/mol. The molecule has 106 valence electrons. The highest BCUT2D eigenvalue weighted by molar-refractivity contribution is 5.27. The molecule has 5 heteroatoms. The molecule has 2 rings (SSSR count). The monoisotopic (exact) mass is 266 g/mol.